The minimum absolute atomic E-state index is 0.0825. The minimum atomic E-state index is -0.495. The molecule has 192 valence electrons. The molecular formula is C31H23N3O4S. The van der Waals surface area contributed by atoms with Crippen molar-refractivity contribution in [3.05, 3.63) is 137 Å². The number of benzene rings is 4. The van der Waals surface area contributed by atoms with Crippen LogP contribution in [0.3, 0.4) is 0 Å². The maximum Gasteiger partial charge on any atom is 0.272 e. The lowest BCUT2D eigenvalue weighted by Crippen LogP contribution is -2.30. The van der Waals surface area contributed by atoms with Gasteiger partial charge < -0.3 is 10.6 Å². The quantitative estimate of drug-likeness (QED) is 0.179. The maximum absolute atomic E-state index is 13.3. The summed E-state index contributed by atoms with van der Waals surface area (Å²) in [6, 6.07) is 31.7. The van der Waals surface area contributed by atoms with E-state index < -0.39 is 11.8 Å². The number of nitrogens with zero attached hydrogens (tertiary/aromatic N) is 1. The zero-order chi connectivity index (χ0) is 27.2. The van der Waals surface area contributed by atoms with Crippen molar-refractivity contribution in [1.82, 2.24) is 10.2 Å². The molecule has 0 aromatic heterocycles. The van der Waals surface area contributed by atoms with Gasteiger partial charge in [-0.1, -0.05) is 66.7 Å². The number of anilines is 1. The Balaban J connectivity index is 1.29. The molecule has 8 heteroatoms. The van der Waals surface area contributed by atoms with E-state index in [1.54, 1.807) is 72.8 Å². The fraction of sp³-hybridized carbons (Fsp3) is 0.0323. The van der Waals surface area contributed by atoms with Crippen molar-refractivity contribution in [1.29, 1.82) is 0 Å². The Labute approximate surface area is 229 Å². The van der Waals surface area contributed by atoms with E-state index in [-0.39, 0.29) is 23.4 Å². The van der Waals surface area contributed by atoms with E-state index in [1.165, 1.54) is 16.7 Å². The van der Waals surface area contributed by atoms with E-state index in [9.17, 15) is 19.2 Å². The summed E-state index contributed by atoms with van der Waals surface area (Å²) in [6.07, 6.45) is 1.61. The fourth-order valence-electron chi connectivity index (χ4n) is 4.02. The smallest absolute Gasteiger partial charge is 0.272 e. The summed E-state index contributed by atoms with van der Waals surface area (Å²) in [4.78, 5) is 53.3. The van der Waals surface area contributed by atoms with Crippen LogP contribution in [0.5, 0.6) is 0 Å². The normalized spacial score (nSPS) is 12.7. The van der Waals surface area contributed by atoms with Gasteiger partial charge in [0.2, 0.25) is 0 Å². The first-order chi connectivity index (χ1) is 19.0. The number of imide groups is 1. The molecule has 0 fully saturated rings. The van der Waals surface area contributed by atoms with Gasteiger partial charge in [0.15, 0.2) is 0 Å². The Bertz CT molecular complexity index is 1550. The van der Waals surface area contributed by atoms with E-state index in [2.05, 4.69) is 10.6 Å². The molecule has 0 saturated carbocycles. The maximum atomic E-state index is 13.3. The molecule has 0 unspecified atom stereocenters. The van der Waals surface area contributed by atoms with Crippen LogP contribution >= 0.6 is 11.8 Å². The van der Waals surface area contributed by atoms with Crippen LogP contribution in [-0.4, -0.2) is 34.4 Å². The molecule has 7 nitrogen and oxygen atoms in total. The molecule has 4 amide bonds. The van der Waals surface area contributed by atoms with Gasteiger partial charge in [0, 0.05) is 16.1 Å². The van der Waals surface area contributed by atoms with Crippen LogP contribution in [0.4, 0.5) is 5.69 Å². The Hall–Kier alpha value is -4.95. The summed E-state index contributed by atoms with van der Waals surface area (Å²) < 4.78 is 0. The number of carbonyl (C=O) groups excluding carboxylic acids is 4. The summed E-state index contributed by atoms with van der Waals surface area (Å²) in [5, 5.41) is 5.56. The number of thioether (sulfide) groups is 1. The SMILES string of the molecule is O=C(Nc1cccc(SCN2C(=O)c3ccccc3C2=O)c1)/C(=C\c1ccccc1)NC(=O)c1ccccc1. The summed E-state index contributed by atoms with van der Waals surface area (Å²) >= 11 is 1.30. The number of hydrogen-bond donors (Lipinski definition) is 2. The molecule has 0 spiro atoms. The topological polar surface area (TPSA) is 95.6 Å². The highest BCUT2D eigenvalue weighted by Crippen LogP contribution is 2.28. The molecule has 1 heterocycles. The van der Waals surface area contributed by atoms with Gasteiger partial charge in [-0.3, -0.25) is 24.1 Å². The average Bonchev–Trinajstić information content (AvgIpc) is 3.21. The second-order valence-corrected chi connectivity index (χ2v) is 9.65. The highest BCUT2D eigenvalue weighted by atomic mass is 32.2. The fourth-order valence-corrected chi connectivity index (χ4v) is 4.91. The molecule has 39 heavy (non-hydrogen) atoms. The highest BCUT2D eigenvalue weighted by molar-refractivity contribution is 7.99. The molecular weight excluding hydrogens is 510 g/mol. The van der Waals surface area contributed by atoms with Crippen LogP contribution in [0, 0.1) is 0 Å². The lowest BCUT2D eigenvalue weighted by atomic mass is 10.1. The van der Waals surface area contributed by atoms with Crippen LogP contribution in [0.25, 0.3) is 6.08 Å². The van der Waals surface area contributed by atoms with Gasteiger partial charge in [-0.2, -0.15) is 0 Å². The van der Waals surface area contributed by atoms with Crippen molar-refractivity contribution in [2.45, 2.75) is 4.90 Å². The van der Waals surface area contributed by atoms with Gasteiger partial charge in [0.05, 0.1) is 17.0 Å². The van der Waals surface area contributed by atoms with Crippen molar-refractivity contribution < 1.29 is 19.2 Å². The van der Waals surface area contributed by atoms with Gasteiger partial charge in [0.1, 0.15) is 5.70 Å². The lowest BCUT2D eigenvalue weighted by molar-refractivity contribution is -0.113. The lowest BCUT2D eigenvalue weighted by Gasteiger charge is -2.14. The molecule has 1 aliphatic rings. The number of amides is 4. The number of carbonyl (C=O) groups is 4. The third kappa shape index (κ3) is 5.97. The van der Waals surface area contributed by atoms with E-state index in [4.69, 9.17) is 0 Å². The van der Waals surface area contributed by atoms with E-state index in [0.29, 0.717) is 22.4 Å². The Kier molecular flexibility index (Phi) is 7.65. The van der Waals surface area contributed by atoms with Crippen LogP contribution < -0.4 is 10.6 Å². The van der Waals surface area contributed by atoms with Crippen LogP contribution in [0.2, 0.25) is 0 Å². The van der Waals surface area contributed by atoms with Gasteiger partial charge in [-0.05, 0) is 54.1 Å². The van der Waals surface area contributed by atoms with E-state index in [1.807, 2.05) is 42.5 Å². The molecule has 0 aliphatic carbocycles. The zero-order valence-corrected chi connectivity index (χ0v) is 21.5. The first-order valence-electron chi connectivity index (χ1n) is 12.1. The average molecular weight is 534 g/mol. The summed E-state index contributed by atoms with van der Waals surface area (Å²) in [7, 11) is 0. The van der Waals surface area contributed by atoms with Crippen molar-refractivity contribution in [2.75, 3.05) is 11.2 Å². The standard InChI is InChI=1S/C31H23N3O4S/c35-28(22-12-5-2-6-13-22)33-27(18-21-10-3-1-4-11-21)29(36)32-23-14-9-15-24(19-23)39-20-34-30(37)25-16-7-8-17-26(25)31(34)38/h1-19H,20H2,(H,32,36)(H,33,35)/b27-18+. The first-order valence-corrected chi connectivity index (χ1v) is 13.1. The predicted octanol–water partition coefficient (Wildman–Crippen LogP) is 5.44. The van der Waals surface area contributed by atoms with E-state index >= 15 is 0 Å². The molecule has 1 aliphatic heterocycles. The summed E-state index contributed by atoms with van der Waals surface area (Å²) in [5.74, 6) is -1.41. The predicted molar refractivity (Wildman–Crippen MR) is 151 cm³/mol. The summed E-state index contributed by atoms with van der Waals surface area (Å²) in [5.41, 5.74) is 2.57. The molecule has 0 saturated heterocycles. The van der Waals surface area contributed by atoms with Gasteiger partial charge in [0.25, 0.3) is 23.6 Å². The molecule has 0 atom stereocenters. The monoisotopic (exact) mass is 533 g/mol. The third-order valence-electron chi connectivity index (χ3n) is 5.97. The number of nitrogens with one attached hydrogen (secondary N) is 2. The van der Waals surface area contributed by atoms with Crippen LogP contribution in [-0.2, 0) is 4.79 Å². The van der Waals surface area contributed by atoms with Crippen molar-refractivity contribution in [2.24, 2.45) is 0 Å². The van der Waals surface area contributed by atoms with Crippen LogP contribution in [0.15, 0.2) is 120 Å². The second kappa shape index (κ2) is 11.6. The van der Waals surface area contributed by atoms with E-state index in [0.717, 1.165) is 10.5 Å². The summed E-state index contributed by atoms with van der Waals surface area (Å²) in [6.45, 7) is 0. The van der Waals surface area contributed by atoms with Crippen molar-refractivity contribution in [3.8, 4) is 0 Å². The van der Waals surface area contributed by atoms with Crippen molar-refractivity contribution in [3.63, 3.8) is 0 Å². The minimum Gasteiger partial charge on any atom is -0.321 e. The van der Waals surface area contributed by atoms with Gasteiger partial charge in [-0.15, -0.1) is 11.8 Å². The van der Waals surface area contributed by atoms with Gasteiger partial charge >= 0.3 is 0 Å². The van der Waals surface area contributed by atoms with Crippen LogP contribution in [0.1, 0.15) is 36.6 Å². The highest BCUT2D eigenvalue weighted by Gasteiger charge is 2.34. The molecule has 2 N–H and O–H groups in total. The Morgan fingerprint density at radius 1 is 0.744 bits per heavy atom. The molecule has 4 aromatic carbocycles. The number of rotatable bonds is 8. The molecule has 0 bridgehead atoms. The zero-order valence-electron chi connectivity index (χ0n) is 20.7. The number of hydrogen-bond acceptors (Lipinski definition) is 5. The molecule has 5 rings (SSSR count). The first kappa shape index (κ1) is 25.7. The molecule has 4 aromatic rings. The largest absolute Gasteiger partial charge is 0.321 e. The molecule has 0 radical (unpaired) electrons. The second-order valence-electron chi connectivity index (χ2n) is 8.63. The van der Waals surface area contributed by atoms with Crippen molar-refractivity contribution >= 4 is 47.2 Å². The Morgan fingerprint density at radius 3 is 2.03 bits per heavy atom. The van der Waals surface area contributed by atoms with Gasteiger partial charge in [-0.25, -0.2) is 0 Å². The number of fused-ring (bicyclic) bond motifs is 1. The Morgan fingerprint density at radius 2 is 1.36 bits per heavy atom. The third-order valence-corrected chi connectivity index (χ3v) is 6.94.